The molecule has 2 rings (SSSR count). The largest absolute Gasteiger partial charge is 0.314 e. The molecule has 0 spiro atoms. The van der Waals surface area contributed by atoms with Crippen LogP contribution in [0.3, 0.4) is 0 Å². The molecule has 0 radical (unpaired) electrons. The minimum Gasteiger partial charge on any atom is -0.314 e. The molecule has 1 aliphatic carbocycles. The van der Waals surface area contributed by atoms with Crippen LogP contribution in [0.2, 0.25) is 0 Å². The molecule has 1 N–H and O–H groups in total. The molecule has 2 heteroatoms. The minimum atomic E-state index is 0.732. The number of likely N-dealkylation sites (tertiary alicyclic amines) is 1. The molecule has 1 saturated heterocycles. The van der Waals surface area contributed by atoms with Crippen LogP contribution in [0.5, 0.6) is 0 Å². The Morgan fingerprint density at radius 1 is 1.00 bits per heavy atom. The van der Waals surface area contributed by atoms with Crippen LogP contribution >= 0.6 is 0 Å². The van der Waals surface area contributed by atoms with E-state index in [0.29, 0.717) is 0 Å². The fraction of sp³-hybridized carbons (Fsp3) is 1.00. The van der Waals surface area contributed by atoms with Crippen molar-refractivity contribution in [3.63, 3.8) is 0 Å². The van der Waals surface area contributed by atoms with Gasteiger partial charge in [-0.05, 0) is 50.5 Å². The first-order chi connectivity index (χ1) is 9.56. The highest BCUT2D eigenvalue weighted by Crippen LogP contribution is 2.36. The first kappa shape index (κ1) is 16.3. The highest BCUT2D eigenvalue weighted by molar-refractivity contribution is 4.94. The molecule has 2 fully saturated rings. The second-order valence-corrected chi connectivity index (χ2v) is 7.52. The fourth-order valence-corrected chi connectivity index (χ4v) is 4.50. The molecular formula is C18H36N2. The average molecular weight is 280 g/mol. The molecule has 2 nitrogen and oxygen atoms in total. The molecule has 1 saturated carbocycles. The van der Waals surface area contributed by atoms with Crippen LogP contribution in [0.25, 0.3) is 0 Å². The van der Waals surface area contributed by atoms with Crippen LogP contribution in [0.4, 0.5) is 0 Å². The molecular weight excluding hydrogens is 244 g/mol. The molecule has 0 bridgehead atoms. The Balaban J connectivity index is 1.97. The lowest BCUT2D eigenvalue weighted by Gasteiger charge is -2.50. The smallest absolute Gasteiger partial charge is 0.0126 e. The predicted octanol–water partition coefficient (Wildman–Crippen LogP) is 3.91. The number of nitrogens with zero attached hydrogens (tertiary/aromatic N) is 1. The van der Waals surface area contributed by atoms with E-state index in [2.05, 4.69) is 44.8 Å². The van der Waals surface area contributed by atoms with Crippen molar-refractivity contribution in [1.29, 1.82) is 0 Å². The van der Waals surface area contributed by atoms with Gasteiger partial charge in [0.1, 0.15) is 0 Å². The average Bonchev–Trinajstić information content (AvgIpc) is 2.44. The molecule has 20 heavy (non-hydrogen) atoms. The quantitative estimate of drug-likeness (QED) is 0.840. The number of hydrogen-bond acceptors (Lipinski definition) is 2. The van der Waals surface area contributed by atoms with Gasteiger partial charge >= 0.3 is 0 Å². The molecule has 2 aliphatic rings. The fourth-order valence-electron chi connectivity index (χ4n) is 4.50. The monoisotopic (exact) mass is 280 g/mol. The summed E-state index contributed by atoms with van der Waals surface area (Å²) in [5, 5.41) is 3.77. The summed E-state index contributed by atoms with van der Waals surface area (Å²) in [5.41, 5.74) is 0. The molecule has 0 amide bonds. The summed E-state index contributed by atoms with van der Waals surface area (Å²) in [6.45, 7) is 14.6. The predicted molar refractivity (Wildman–Crippen MR) is 88.0 cm³/mol. The van der Waals surface area contributed by atoms with Crippen LogP contribution in [0, 0.1) is 17.8 Å². The zero-order valence-electron chi connectivity index (χ0n) is 14.4. The van der Waals surface area contributed by atoms with Gasteiger partial charge in [0.2, 0.25) is 0 Å². The first-order valence-corrected chi connectivity index (χ1v) is 9.05. The van der Waals surface area contributed by atoms with Gasteiger partial charge in [0, 0.05) is 24.7 Å². The standard InChI is InChI=1S/C18H36N2/c1-6-11-19-17-10-12-20(16(5)15(17)4)18-9-7-8-13(2)14(18)3/h13-19H,6-12H2,1-5H3. The Morgan fingerprint density at radius 2 is 1.75 bits per heavy atom. The highest BCUT2D eigenvalue weighted by Gasteiger charge is 2.39. The van der Waals surface area contributed by atoms with E-state index in [-0.39, 0.29) is 0 Å². The Bertz CT molecular complexity index is 291. The topological polar surface area (TPSA) is 15.3 Å². The van der Waals surface area contributed by atoms with Gasteiger partial charge < -0.3 is 5.32 Å². The van der Waals surface area contributed by atoms with Crippen LogP contribution in [0.15, 0.2) is 0 Å². The Labute approximate surface area is 126 Å². The number of hydrogen-bond donors (Lipinski definition) is 1. The van der Waals surface area contributed by atoms with Crippen molar-refractivity contribution in [3.05, 3.63) is 0 Å². The summed E-state index contributed by atoms with van der Waals surface area (Å²) in [6, 6.07) is 2.30. The zero-order chi connectivity index (χ0) is 14.7. The molecule has 0 aromatic carbocycles. The van der Waals surface area contributed by atoms with Gasteiger partial charge in [0.05, 0.1) is 0 Å². The molecule has 1 aliphatic heterocycles. The third-order valence-electron chi connectivity index (χ3n) is 6.36. The van der Waals surface area contributed by atoms with E-state index < -0.39 is 0 Å². The Morgan fingerprint density at radius 3 is 2.45 bits per heavy atom. The maximum Gasteiger partial charge on any atom is 0.0126 e. The second-order valence-electron chi connectivity index (χ2n) is 7.52. The summed E-state index contributed by atoms with van der Waals surface area (Å²) in [7, 11) is 0. The lowest BCUT2D eigenvalue weighted by atomic mass is 9.75. The SMILES string of the molecule is CCCNC1CCN(C2CCCC(C)C2C)C(C)C1C. The Hall–Kier alpha value is -0.0800. The van der Waals surface area contributed by atoms with Gasteiger partial charge in [0.15, 0.2) is 0 Å². The third-order valence-corrected chi connectivity index (χ3v) is 6.36. The molecule has 0 aromatic heterocycles. The van der Waals surface area contributed by atoms with Crippen LogP contribution in [-0.2, 0) is 0 Å². The number of piperidine rings is 1. The molecule has 0 aromatic rings. The van der Waals surface area contributed by atoms with Crippen LogP contribution in [-0.4, -0.2) is 36.1 Å². The third kappa shape index (κ3) is 3.39. The van der Waals surface area contributed by atoms with Crippen molar-refractivity contribution in [2.24, 2.45) is 17.8 Å². The second kappa shape index (κ2) is 7.26. The number of rotatable bonds is 4. The Kier molecular flexibility index (Phi) is 5.92. The van der Waals surface area contributed by atoms with Crippen molar-refractivity contribution in [3.8, 4) is 0 Å². The summed E-state index contributed by atoms with van der Waals surface area (Å²) >= 11 is 0. The normalized spacial score (nSPS) is 43.6. The summed E-state index contributed by atoms with van der Waals surface area (Å²) in [4.78, 5) is 2.86. The van der Waals surface area contributed by atoms with Gasteiger partial charge in [-0.25, -0.2) is 0 Å². The van der Waals surface area contributed by atoms with Crippen molar-refractivity contribution >= 4 is 0 Å². The maximum absolute atomic E-state index is 3.77. The lowest BCUT2D eigenvalue weighted by Crippen LogP contribution is -2.58. The van der Waals surface area contributed by atoms with E-state index >= 15 is 0 Å². The van der Waals surface area contributed by atoms with Gasteiger partial charge in [0.25, 0.3) is 0 Å². The van der Waals surface area contributed by atoms with Crippen molar-refractivity contribution < 1.29 is 0 Å². The first-order valence-electron chi connectivity index (χ1n) is 9.05. The van der Waals surface area contributed by atoms with Crippen molar-refractivity contribution in [1.82, 2.24) is 10.2 Å². The molecule has 6 atom stereocenters. The van der Waals surface area contributed by atoms with Gasteiger partial charge in [-0.1, -0.05) is 40.5 Å². The van der Waals surface area contributed by atoms with E-state index in [1.807, 2.05) is 0 Å². The van der Waals surface area contributed by atoms with E-state index in [9.17, 15) is 0 Å². The van der Waals surface area contributed by atoms with Crippen LogP contribution in [0.1, 0.15) is 66.7 Å². The van der Waals surface area contributed by atoms with E-state index in [1.165, 1.54) is 45.2 Å². The zero-order valence-corrected chi connectivity index (χ0v) is 14.4. The molecule has 6 unspecified atom stereocenters. The maximum atomic E-state index is 3.77. The van der Waals surface area contributed by atoms with Crippen LogP contribution < -0.4 is 5.32 Å². The van der Waals surface area contributed by atoms with E-state index in [4.69, 9.17) is 0 Å². The molecule has 1 heterocycles. The summed E-state index contributed by atoms with van der Waals surface area (Å²) < 4.78 is 0. The van der Waals surface area contributed by atoms with Crippen molar-refractivity contribution in [2.45, 2.75) is 84.8 Å². The van der Waals surface area contributed by atoms with Gasteiger partial charge in [-0.2, -0.15) is 0 Å². The molecule has 118 valence electrons. The summed E-state index contributed by atoms with van der Waals surface area (Å²) in [6.07, 6.45) is 6.89. The summed E-state index contributed by atoms with van der Waals surface area (Å²) in [5.74, 6) is 2.56. The van der Waals surface area contributed by atoms with Gasteiger partial charge in [-0.15, -0.1) is 0 Å². The van der Waals surface area contributed by atoms with Crippen molar-refractivity contribution in [2.75, 3.05) is 13.1 Å². The van der Waals surface area contributed by atoms with Gasteiger partial charge in [-0.3, -0.25) is 4.90 Å². The number of nitrogens with one attached hydrogen (secondary N) is 1. The lowest BCUT2D eigenvalue weighted by molar-refractivity contribution is -0.00229. The highest BCUT2D eigenvalue weighted by atomic mass is 15.2. The van der Waals surface area contributed by atoms with E-state index in [1.54, 1.807) is 0 Å². The van der Waals surface area contributed by atoms with E-state index in [0.717, 1.165) is 35.9 Å². The minimum absolute atomic E-state index is 0.732.